The Morgan fingerprint density at radius 3 is 2.75 bits per heavy atom. The molecule has 0 amide bonds. The molecule has 2 aliphatic rings. The summed E-state index contributed by atoms with van der Waals surface area (Å²) in [5.74, 6) is 1.88. The second-order valence-electron chi connectivity index (χ2n) is 13.1. The standard InChI is InChI=1S/C30H42N8O2/c1-18(2)38(15-21-8-11-25(40-21)37-17-34-26-27(31)32-16-33-28(26)37)30(39)13-19(14-30)6-10-24-35-22-9-7-20(29(3,4)5)12-23(22)36-24/h7,9,12,16-19,21,25,39H,6,8,10-11,13-15H2,1-5H3,(H,35,36)(H2,31,32,33)/t19?,21-,25?,30?/m0/s1. The van der Waals surface area contributed by atoms with Crippen molar-refractivity contribution in [2.45, 2.75) is 103 Å². The van der Waals surface area contributed by atoms with Crippen LogP contribution in [0.2, 0.25) is 0 Å². The van der Waals surface area contributed by atoms with Gasteiger partial charge in [-0.3, -0.25) is 9.47 Å². The Balaban J connectivity index is 1.04. The highest BCUT2D eigenvalue weighted by Crippen LogP contribution is 2.44. The minimum Gasteiger partial charge on any atom is -0.382 e. The van der Waals surface area contributed by atoms with Crippen molar-refractivity contribution in [2.75, 3.05) is 12.3 Å². The van der Waals surface area contributed by atoms with Gasteiger partial charge in [-0.1, -0.05) is 26.8 Å². The zero-order valence-corrected chi connectivity index (χ0v) is 24.3. The number of aromatic nitrogens is 6. The van der Waals surface area contributed by atoms with E-state index in [1.165, 1.54) is 11.9 Å². The fourth-order valence-corrected chi connectivity index (χ4v) is 6.48. The lowest BCUT2D eigenvalue weighted by molar-refractivity contribution is -0.209. The average Bonchev–Trinajstić information content (AvgIpc) is 3.61. The smallest absolute Gasteiger partial charge is 0.167 e. The molecule has 2 fully saturated rings. The fraction of sp³-hybridized carbons (Fsp3) is 0.600. The monoisotopic (exact) mass is 546 g/mol. The van der Waals surface area contributed by atoms with E-state index >= 15 is 0 Å². The third-order valence-electron chi connectivity index (χ3n) is 8.76. The van der Waals surface area contributed by atoms with Crippen molar-refractivity contribution in [2.24, 2.45) is 5.92 Å². The Morgan fingerprint density at radius 1 is 1.20 bits per heavy atom. The first-order valence-corrected chi connectivity index (χ1v) is 14.6. The largest absolute Gasteiger partial charge is 0.382 e. The molecule has 1 aromatic carbocycles. The highest BCUT2D eigenvalue weighted by Gasteiger charge is 2.48. The number of aliphatic hydroxyl groups is 1. The van der Waals surface area contributed by atoms with Gasteiger partial charge in [0.1, 0.15) is 29.6 Å². The second kappa shape index (κ2) is 10.1. The molecule has 0 bridgehead atoms. The summed E-state index contributed by atoms with van der Waals surface area (Å²) >= 11 is 0. The number of nitrogens with one attached hydrogen (secondary N) is 1. The van der Waals surface area contributed by atoms with E-state index in [2.05, 4.69) is 77.7 Å². The second-order valence-corrected chi connectivity index (χ2v) is 13.1. The van der Waals surface area contributed by atoms with Crippen LogP contribution in [0.3, 0.4) is 0 Å². The van der Waals surface area contributed by atoms with Gasteiger partial charge in [-0.2, -0.15) is 0 Å². The van der Waals surface area contributed by atoms with Crippen LogP contribution in [0.25, 0.3) is 22.2 Å². The molecule has 40 heavy (non-hydrogen) atoms. The number of anilines is 1. The van der Waals surface area contributed by atoms with Crippen molar-refractivity contribution < 1.29 is 9.84 Å². The molecule has 10 nitrogen and oxygen atoms in total. The number of benzene rings is 1. The van der Waals surface area contributed by atoms with Gasteiger partial charge in [0.15, 0.2) is 11.5 Å². The molecule has 2 atom stereocenters. The number of aryl methyl sites for hydroxylation is 1. The molecule has 3 aromatic heterocycles. The van der Waals surface area contributed by atoms with Crippen LogP contribution in [-0.2, 0) is 16.6 Å². The minimum atomic E-state index is -0.793. The Hall–Kier alpha value is -3.08. The van der Waals surface area contributed by atoms with Crippen molar-refractivity contribution in [1.29, 1.82) is 0 Å². The first-order valence-electron chi connectivity index (χ1n) is 14.6. The van der Waals surface area contributed by atoms with Crippen LogP contribution in [0.4, 0.5) is 5.82 Å². The van der Waals surface area contributed by atoms with E-state index in [9.17, 15) is 5.11 Å². The first-order chi connectivity index (χ1) is 19.0. The molecule has 6 rings (SSSR count). The van der Waals surface area contributed by atoms with Crippen molar-refractivity contribution in [1.82, 2.24) is 34.4 Å². The SMILES string of the molecule is CC(C)N(C[C@@H]1CCC(n2cnc3c(N)ncnc32)O1)C1(O)CC(CCc2nc3ccc(C(C)(C)C)cc3[nH]2)C1. The Bertz CT molecular complexity index is 1500. The van der Waals surface area contributed by atoms with E-state index in [1.807, 2.05) is 4.57 Å². The molecule has 0 spiro atoms. The molecular weight excluding hydrogens is 504 g/mol. The number of fused-ring (bicyclic) bond motifs is 2. The lowest BCUT2D eigenvalue weighted by atomic mass is 9.72. The van der Waals surface area contributed by atoms with Gasteiger partial charge in [-0.25, -0.2) is 19.9 Å². The van der Waals surface area contributed by atoms with Crippen molar-refractivity contribution >= 4 is 28.0 Å². The van der Waals surface area contributed by atoms with Gasteiger partial charge in [-0.15, -0.1) is 0 Å². The van der Waals surface area contributed by atoms with E-state index in [4.69, 9.17) is 15.5 Å². The average molecular weight is 547 g/mol. The number of hydrogen-bond donors (Lipinski definition) is 3. The van der Waals surface area contributed by atoms with Gasteiger partial charge in [0, 0.05) is 19.0 Å². The van der Waals surface area contributed by atoms with E-state index in [-0.39, 0.29) is 23.8 Å². The Morgan fingerprint density at radius 2 is 2.00 bits per heavy atom. The summed E-state index contributed by atoms with van der Waals surface area (Å²) in [6, 6.07) is 6.73. The Kier molecular flexibility index (Phi) is 6.83. The van der Waals surface area contributed by atoms with Crippen molar-refractivity contribution in [3.8, 4) is 0 Å². The summed E-state index contributed by atoms with van der Waals surface area (Å²) in [5.41, 5.74) is 10.0. The number of aromatic amines is 1. The van der Waals surface area contributed by atoms with Gasteiger partial charge in [0.2, 0.25) is 0 Å². The predicted octanol–water partition coefficient (Wildman–Crippen LogP) is 4.70. The van der Waals surface area contributed by atoms with Crippen molar-refractivity contribution in [3.05, 3.63) is 42.2 Å². The summed E-state index contributed by atoms with van der Waals surface area (Å²) in [7, 11) is 0. The van der Waals surface area contributed by atoms with E-state index in [1.54, 1.807) is 6.33 Å². The fourth-order valence-electron chi connectivity index (χ4n) is 6.48. The number of nitrogens with zero attached hydrogens (tertiary/aromatic N) is 6. The Labute approximate surface area is 235 Å². The van der Waals surface area contributed by atoms with Gasteiger partial charge in [0.05, 0.1) is 23.5 Å². The summed E-state index contributed by atoms with van der Waals surface area (Å²) < 4.78 is 8.39. The van der Waals surface area contributed by atoms with Gasteiger partial charge in [0.25, 0.3) is 0 Å². The van der Waals surface area contributed by atoms with Crippen LogP contribution in [0, 0.1) is 5.92 Å². The van der Waals surface area contributed by atoms with Crippen LogP contribution in [0.15, 0.2) is 30.9 Å². The van der Waals surface area contributed by atoms with Crippen LogP contribution < -0.4 is 5.73 Å². The van der Waals surface area contributed by atoms with Crippen LogP contribution >= 0.6 is 0 Å². The number of nitrogens with two attached hydrogens (primary N) is 1. The van der Waals surface area contributed by atoms with Gasteiger partial charge in [-0.05, 0) is 75.0 Å². The molecule has 10 heteroatoms. The highest BCUT2D eigenvalue weighted by atomic mass is 16.5. The molecule has 1 saturated heterocycles. The molecule has 4 heterocycles. The number of H-pyrrole nitrogens is 1. The minimum absolute atomic E-state index is 0.0284. The molecule has 1 aliphatic carbocycles. The third-order valence-corrected chi connectivity index (χ3v) is 8.76. The van der Waals surface area contributed by atoms with Gasteiger partial charge >= 0.3 is 0 Å². The summed E-state index contributed by atoms with van der Waals surface area (Å²) in [5, 5.41) is 11.6. The summed E-state index contributed by atoms with van der Waals surface area (Å²) in [6.07, 6.45) is 8.31. The zero-order valence-electron chi connectivity index (χ0n) is 24.3. The van der Waals surface area contributed by atoms with Crippen LogP contribution in [0.1, 0.15) is 84.3 Å². The lowest BCUT2D eigenvalue weighted by Crippen LogP contribution is -2.61. The van der Waals surface area contributed by atoms with E-state index in [0.29, 0.717) is 29.4 Å². The molecular formula is C30H42N8O2. The van der Waals surface area contributed by atoms with E-state index in [0.717, 1.165) is 55.4 Å². The maximum absolute atomic E-state index is 11.6. The maximum atomic E-state index is 11.6. The summed E-state index contributed by atoms with van der Waals surface area (Å²) in [4.78, 5) is 23.4. The number of rotatable bonds is 8. The highest BCUT2D eigenvalue weighted by molar-refractivity contribution is 5.81. The zero-order chi connectivity index (χ0) is 28.2. The normalized spacial score (nSPS) is 25.4. The number of nitrogen functional groups attached to an aromatic ring is 1. The molecule has 4 N–H and O–H groups in total. The molecule has 0 radical (unpaired) electrons. The number of ether oxygens (including phenoxy) is 1. The first kappa shape index (κ1) is 27.1. The van der Waals surface area contributed by atoms with Crippen molar-refractivity contribution in [3.63, 3.8) is 0 Å². The number of imidazole rings is 2. The molecule has 214 valence electrons. The predicted molar refractivity (Wildman–Crippen MR) is 156 cm³/mol. The molecule has 1 saturated carbocycles. The van der Waals surface area contributed by atoms with E-state index < -0.39 is 5.72 Å². The quantitative estimate of drug-likeness (QED) is 0.271. The van der Waals surface area contributed by atoms with Gasteiger partial charge < -0.3 is 20.6 Å². The third kappa shape index (κ3) is 5.08. The number of hydrogen-bond acceptors (Lipinski definition) is 8. The van der Waals surface area contributed by atoms with Crippen LogP contribution in [-0.4, -0.2) is 63.9 Å². The molecule has 1 aliphatic heterocycles. The molecule has 4 aromatic rings. The maximum Gasteiger partial charge on any atom is 0.167 e. The summed E-state index contributed by atoms with van der Waals surface area (Å²) in [6.45, 7) is 11.7. The van der Waals surface area contributed by atoms with Crippen LogP contribution in [0.5, 0.6) is 0 Å². The molecule has 1 unspecified atom stereocenters. The lowest BCUT2D eigenvalue weighted by Gasteiger charge is -2.53. The topological polar surface area (TPSA) is 131 Å².